The van der Waals surface area contributed by atoms with Crippen LogP contribution in [0, 0.1) is 5.82 Å². The van der Waals surface area contributed by atoms with Crippen LogP contribution in [-0.2, 0) is 11.4 Å². The number of halogens is 2. The van der Waals surface area contributed by atoms with E-state index < -0.39 is 0 Å². The van der Waals surface area contributed by atoms with Crippen LogP contribution >= 0.6 is 12.4 Å². The molecule has 0 aliphatic carbocycles. The molecule has 2 aromatic rings. The second-order valence-electron chi connectivity index (χ2n) is 5.70. The average molecular weight is 351 g/mol. The maximum atomic E-state index is 13.5. The van der Waals surface area contributed by atoms with Crippen LogP contribution in [0.4, 0.5) is 4.39 Å². The van der Waals surface area contributed by atoms with Gasteiger partial charge >= 0.3 is 0 Å². The van der Waals surface area contributed by atoms with Gasteiger partial charge in [0, 0.05) is 11.6 Å². The number of hydrogen-bond donors (Lipinski definition) is 2. The Morgan fingerprint density at radius 1 is 1.17 bits per heavy atom. The summed E-state index contributed by atoms with van der Waals surface area (Å²) in [5.41, 5.74) is 6.93. The highest BCUT2D eigenvalue weighted by molar-refractivity contribution is 5.85. The van der Waals surface area contributed by atoms with Crippen molar-refractivity contribution in [3.63, 3.8) is 0 Å². The van der Waals surface area contributed by atoms with Gasteiger partial charge in [-0.25, -0.2) is 4.39 Å². The summed E-state index contributed by atoms with van der Waals surface area (Å²) in [6.07, 6.45) is 1.63. The minimum atomic E-state index is -0.308. The Hall–Kier alpha value is -2.11. The molecule has 0 bridgehead atoms. The number of nitrogens with one attached hydrogen (secondary N) is 1. The lowest BCUT2D eigenvalue weighted by Crippen LogP contribution is -2.37. The molecule has 1 fully saturated rings. The Morgan fingerprint density at radius 3 is 2.50 bits per heavy atom. The Kier molecular flexibility index (Phi) is 6.17. The van der Waals surface area contributed by atoms with Gasteiger partial charge in [-0.1, -0.05) is 30.3 Å². The van der Waals surface area contributed by atoms with Gasteiger partial charge in [-0.2, -0.15) is 0 Å². The highest BCUT2D eigenvalue weighted by atomic mass is 35.5. The second kappa shape index (κ2) is 8.13. The molecule has 0 saturated carbocycles. The Balaban J connectivity index is 0.00000208. The second-order valence-corrected chi connectivity index (χ2v) is 5.70. The summed E-state index contributed by atoms with van der Waals surface area (Å²) in [4.78, 5) is 11.2. The zero-order valence-electron chi connectivity index (χ0n) is 13.1. The molecule has 1 unspecified atom stereocenters. The lowest BCUT2D eigenvalue weighted by atomic mass is 10.1. The van der Waals surface area contributed by atoms with Gasteiger partial charge in [0.1, 0.15) is 18.2 Å². The largest absolute Gasteiger partial charge is 0.489 e. The molecule has 1 aliphatic rings. The number of ether oxygens (including phenoxy) is 1. The molecule has 2 atom stereocenters. The van der Waals surface area contributed by atoms with Gasteiger partial charge in [-0.05, 0) is 36.6 Å². The van der Waals surface area contributed by atoms with Crippen molar-refractivity contribution in [2.45, 2.75) is 31.5 Å². The first-order chi connectivity index (χ1) is 11.1. The normalized spacial score (nSPS) is 19.5. The van der Waals surface area contributed by atoms with E-state index in [0.29, 0.717) is 11.3 Å². The highest BCUT2D eigenvalue weighted by Crippen LogP contribution is 2.28. The minimum absolute atomic E-state index is 0. The molecule has 2 aromatic carbocycles. The van der Waals surface area contributed by atoms with Gasteiger partial charge in [0.25, 0.3) is 0 Å². The Morgan fingerprint density at radius 2 is 1.88 bits per heavy atom. The smallest absolute Gasteiger partial charge is 0.234 e. The number of benzene rings is 2. The number of carbonyl (C=O) groups is 1. The van der Waals surface area contributed by atoms with Crippen LogP contribution in [0.2, 0.25) is 0 Å². The number of amides is 1. The van der Waals surface area contributed by atoms with Crippen molar-refractivity contribution in [2.75, 3.05) is 0 Å². The van der Waals surface area contributed by atoms with Crippen molar-refractivity contribution in [1.82, 2.24) is 5.32 Å². The van der Waals surface area contributed by atoms with E-state index in [0.717, 1.165) is 18.4 Å². The highest BCUT2D eigenvalue weighted by Gasteiger charge is 2.28. The standard InChI is InChI=1S/C18H19FN2O2.ClH/c19-15-4-2-1-3-13(15)11-23-14-7-5-12(6-8-14)16-9-10-17(21-16)18(20)22;/h1-8,16-17,21H,9-11H2,(H2,20,22);1H/t16?,17-;/m0./s1. The van der Waals surface area contributed by atoms with Crippen molar-refractivity contribution in [3.8, 4) is 5.75 Å². The summed E-state index contributed by atoms with van der Waals surface area (Å²) in [5, 5.41) is 3.23. The number of rotatable bonds is 5. The summed E-state index contributed by atoms with van der Waals surface area (Å²) in [7, 11) is 0. The first-order valence-corrected chi connectivity index (χ1v) is 7.65. The fourth-order valence-electron chi connectivity index (χ4n) is 2.80. The van der Waals surface area contributed by atoms with E-state index in [9.17, 15) is 9.18 Å². The topological polar surface area (TPSA) is 64.4 Å². The Labute approximate surface area is 146 Å². The van der Waals surface area contributed by atoms with Crippen LogP contribution in [0.3, 0.4) is 0 Å². The van der Waals surface area contributed by atoms with Crippen molar-refractivity contribution in [1.29, 1.82) is 0 Å². The van der Waals surface area contributed by atoms with E-state index in [-0.39, 0.29) is 42.8 Å². The molecule has 0 spiro atoms. The summed E-state index contributed by atoms with van der Waals surface area (Å²) in [6.45, 7) is 0.192. The fourth-order valence-corrected chi connectivity index (χ4v) is 2.80. The number of nitrogens with two attached hydrogens (primary N) is 1. The summed E-state index contributed by atoms with van der Waals surface area (Å²) in [6, 6.07) is 14.1. The molecule has 0 aromatic heterocycles. The van der Waals surface area contributed by atoms with Crippen LogP contribution in [-0.4, -0.2) is 11.9 Å². The molecule has 1 heterocycles. The minimum Gasteiger partial charge on any atom is -0.489 e. The van der Waals surface area contributed by atoms with E-state index in [1.807, 2.05) is 24.3 Å². The quantitative estimate of drug-likeness (QED) is 0.870. The molecule has 3 rings (SSSR count). The third kappa shape index (κ3) is 4.24. The van der Waals surface area contributed by atoms with Crippen LogP contribution < -0.4 is 15.8 Å². The zero-order chi connectivity index (χ0) is 16.2. The Bertz CT molecular complexity index is 694. The summed E-state index contributed by atoms with van der Waals surface area (Å²) < 4.78 is 19.2. The molecule has 128 valence electrons. The van der Waals surface area contributed by atoms with E-state index in [4.69, 9.17) is 10.5 Å². The van der Waals surface area contributed by atoms with Crippen molar-refractivity contribution in [2.24, 2.45) is 5.73 Å². The van der Waals surface area contributed by atoms with Gasteiger partial charge in [-0.15, -0.1) is 12.4 Å². The van der Waals surface area contributed by atoms with Crippen LogP contribution in [0.1, 0.15) is 30.0 Å². The first kappa shape index (κ1) is 18.2. The van der Waals surface area contributed by atoms with Crippen molar-refractivity contribution >= 4 is 18.3 Å². The molecule has 1 aliphatic heterocycles. The lowest BCUT2D eigenvalue weighted by Gasteiger charge is -2.13. The van der Waals surface area contributed by atoms with Crippen LogP contribution in [0.15, 0.2) is 48.5 Å². The maximum absolute atomic E-state index is 13.5. The molecule has 3 N–H and O–H groups in total. The van der Waals surface area contributed by atoms with Gasteiger partial charge in [0.15, 0.2) is 0 Å². The predicted molar refractivity (Wildman–Crippen MR) is 92.5 cm³/mol. The molecule has 1 saturated heterocycles. The number of primary amides is 1. The fraction of sp³-hybridized carbons (Fsp3) is 0.278. The molecular formula is C18H20ClFN2O2. The van der Waals surface area contributed by atoms with E-state index in [1.54, 1.807) is 18.2 Å². The number of hydrogen-bond acceptors (Lipinski definition) is 3. The zero-order valence-corrected chi connectivity index (χ0v) is 13.9. The molecule has 1 amide bonds. The van der Waals surface area contributed by atoms with Gasteiger partial charge in [0.05, 0.1) is 6.04 Å². The van der Waals surface area contributed by atoms with Gasteiger partial charge < -0.3 is 10.5 Å². The third-order valence-corrected chi connectivity index (χ3v) is 4.12. The molecular weight excluding hydrogens is 331 g/mol. The maximum Gasteiger partial charge on any atom is 0.234 e. The van der Waals surface area contributed by atoms with Crippen molar-refractivity contribution < 1.29 is 13.9 Å². The van der Waals surface area contributed by atoms with E-state index in [1.165, 1.54) is 6.07 Å². The van der Waals surface area contributed by atoms with Gasteiger partial charge in [0.2, 0.25) is 5.91 Å². The van der Waals surface area contributed by atoms with E-state index in [2.05, 4.69) is 5.32 Å². The summed E-state index contributed by atoms with van der Waals surface area (Å²) in [5.74, 6) is 0.107. The molecule has 24 heavy (non-hydrogen) atoms. The number of carbonyl (C=O) groups excluding carboxylic acids is 1. The lowest BCUT2D eigenvalue weighted by molar-refractivity contribution is -0.119. The molecule has 4 nitrogen and oxygen atoms in total. The van der Waals surface area contributed by atoms with E-state index >= 15 is 0 Å². The predicted octanol–water partition coefficient (Wildman–Crippen LogP) is 3.10. The van der Waals surface area contributed by atoms with Gasteiger partial charge in [-0.3, -0.25) is 10.1 Å². The first-order valence-electron chi connectivity index (χ1n) is 7.65. The van der Waals surface area contributed by atoms with Crippen LogP contribution in [0.5, 0.6) is 5.75 Å². The van der Waals surface area contributed by atoms with Crippen molar-refractivity contribution in [3.05, 3.63) is 65.5 Å². The average Bonchev–Trinajstić information content (AvgIpc) is 3.05. The SMILES string of the molecule is Cl.NC(=O)[C@@H]1CCC(c2ccc(OCc3ccccc3F)cc2)N1. The monoisotopic (exact) mass is 350 g/mol. The molecule has 6 heteroatoms. The van der Waals surface area contributed by atoms with Crippen LogP contribution in [0.25, 0.3) is 0 Å². The third-order valence-electron chi connectivity index (χ3n) is 4.12. The summed E-state index contributed by atoms with van der Waals surface area (Å²) >= 11 is 0. The molecule has 0 radical (unpaired) electrons.